The minimum Gasteiger partial charge on any atom is -0.326 e. The molecule has 1 N–H and O–H groups in total. The lowest BCUT2D eigenvalue weighted by atomic mass is 9.81. The molecule has 0 bridgehead atoms. The van der Waals surface area contributed by atoms with Gasteiger partial charge in [-0.2, -0.15) is 0 Å². The predicted octanol–water partition coefficient (Wildman–Crippen LogP) is 4.16. The minimum atomic E-state index is 0.218. The van der Waals surface area contributed by atoms with Gasteiger partial charge in [0, 0.05) is 11.6 Å². The number of benzene rings is 1. The molecule has 0 radical (unpaired) electrons. The van der Waals surface area contributed by atoms with E-state index in [1.807, 2.05) is 12.1 Å². The second kappa shape index (κ2) is 5.77. The van der Waals surface area contributed by atoms with Crippen LogP contribution in [0.2, 0.25) is 0 Å². The van der Waals surface area contributed by atoms with Gasteiger partial charge in [-0.05, 0) is 36.8 Å². The van der Waals surface area contributed by atoms with Gasteiger partial charge < -0.3 is 5.32 Å². The molecule has 0 saturated heterocycles. The summed E-state index contributed by atoms with van der Waals surface area (Å²) in [5, 5.41) is 3.12. The Kier molecular flexibility index (Phi) is 3.86. The van der Waals surface area contributed by atoms with Crippen LogP contribution >= 0.6 is 0 Å². The molecule has 1 amide bonds. The highest BCUT2D eigenvalue weighted by Crippen LogP contribution is 2.33. The number of nitrogens with one attached hydrogen (secondary N) is 1. The zero-order valence-corrected chi connectivity index (χ0v) is 11.5. The van der Waals surface area contributed by atoms with E-state index < -0.39 is 0 Å². The van der Waals surface area contributed by atoms with Gasteiger partial charge >= 0.3 is 0 Å². The Labute approximate surface area is 115 Å². The Hall–Kier alpha value is -1.31. The summed E-state index contributed by atoms with van der Waals surface area (Å²) in [6.45, 7) is 0. The number of fused-ring (bicyclic) bond motifs is 1. The molecule has 2 aliphatic rings. The summed E-state index contributed by atoms with van der Waals surface area (Å²) in [7, 11) is 0. The van der Waals surface area contributed by atoms with Crippen molar-refractivity contribution in [3.05, 3.63) is 29.8 Å². The molecule has 0 aromatic heterocycles. The van der Waals surface area contributed by atoms with Crippen molar-refractivity contribution >= 4 is 11.6 Å². The van der Waals surface area contributed by atoms with E-state index >= 15 is 0 Å². The average Bonchev–Trinajstić information content (AvgIpc) is 2.60. The number of carbonyl (C=O) groups is 1. The van der Waals surface area contributed by atoms with Crippen molar-refractivity contribution in [1.29, 1.82) is 0 Å². The lowest BCUT2D eigenvalue weighted by molar-refractivity contribution is -0.120. The number of rotatable bonds is 2. The van der Waals surface area contributed by atoms with Gasteiger partial charge in [-0.3, -0.25) is 4.79 Å². The molecule has 1 aromatic carbocycles. The van der Waals surface area contributed by atoms with E-state index in [4.69, 9.17) is 0 Å². The first-order chi connectivity index (χ1) is 9.33. The zero-order chi connectivity index (χ0) is 13.1. The highest BCUT2D eigenvalue weighted by Gasteiger charge is 2.26. The van der Waals surface area contributed by atoms with Crippen LogP contribution in [0.5, 0.6) is 0 Å². The van der Waals surface area contributed by atoms with E-state index in [1.54, 1.807) is 0 Å². The van der Waals surface area contributed by atoms with Crippen LogP contribution in [0.25, 0.3) is 0 Å². The molecule has 1 aliphatic carbocycles. The van der Waals surface area contributed by atoms with Gasteiger partial charge in [-0.15, -0.1) is 0 Å². The monoisotopic (exact) mass is 257 g/mol. The first-order valence-electron chi connectivity index (χ1n) is 7.71. The summed E-state index contributed by atoms with van der Waals surface area (Å²) in [6.07, 6.45) is 9.91. The van der Waals surface area contributed by atoms with Crippen LogP contribution in [-0.4, -0.2) is 5.91 Å². The molecule has 2 heteroatoms. The van der Waals surface area contributed by atoms with Gasteiger partial charge in [0.25, 0.3) is 0 Å². The van der Waals surface area contributed by atoms with Gasteiger partial charge in [-0.25, -0.2) is 0 Å². The van der Waals surface area contributed by atoms with Crippen LogP contribution in [0, 0.1) is 11.8 Å². The molecule has 1 unspecified atom stereocenters. The van der Waals surface area contributed by atoms with Gasteiger partial charge in [-0.1, -0.05) is 50.3 Å². The maximum absolute atomic E-state index is 12.3. The second-order valence-corrected chi connectivity index (χ2v) is 6.12. The molecular formula is C17H23NO. The summed E-state index contributed by atoms with van der Waals surface area (Å²) < 4.78 is 0. The van der Waals surface area contributed by atoms with Crippen molar-refractivity contribution in [2.24, 2.45) is 11.8 Å². The molecule has 1 aliphatic heterocycles. The molecule has 3 rings (SSSR count). The summed E-state index contributed by atoms with van der Waals surface area (Å²) in [4.78, 5) is 12.3. The van der Waals surface area contributed by atoms with E-state index in [-0.39, 0.29) is 11.8 Å². The Morgan fingerprint density at radius 3 is 2.68 bits per heavy atom. The molecule has 0 spiro atoms. The van der Waals surface area contributed by atoms with Crippen LogP contribution in [0.3, 0.4) is 0 Å². The van der Waals surface area contributed by atoms with Gasteiger partial charge in [0.1, 0.15) is 0 Å². The number of amides is 1. The smallest absolute Gasteiger partial charge is 0.227 e. The molecular weight excluding hydrogens is 234 g/mol. The van der Waals surface area contributed by atoms with Gasteiger partial charge in [0.05, 0.1) is 0 Å². The van der Waals surface area contributed by atoms with E-state index in [0.29, 0.717) is 0 Å². The fraction of sp³-hybridized carbons (Fsp3) is 0.588. The number of para-hydroxylation sites is 1. The number of hydrogen-bond donors (Lipinski definition) is 1. The quantitative estimate of drug-likeness (QED) is 0.847. The Morgan fingerprint density at radius 2 is 1.84 bits per heavy atom. The SMILES string of the molecule is O=C1Nc2ccccc2CCC1CC1CCCCC1. The molecule has 1 saturated carbocycles. The molecule has 102 valence electrons. The fourth-order valence-corrected chi connectivity index (χ4v) is 3.61. The van der Waals surface area contributed by atoms with Crippen LogP contribution < -0.4 is 5.32 Å². The van der Waals surface area contributed by atoms with E-state index in [1.165, 1.54) is 37.7 Å². The average molecular weight is 257 g/mol. The largest absolute Gasteiger partial charge is 0.326 e. The Balaban J connectivity index is 1.66. The third-order valence-corrected chi connectivity index (χ3v) is 4.75. The highest BCUT2D eigenvalue weighted by molar-refractivity contribution is 5.94. The highest BCUT2D eigenvalue weighted by atomic mass is 16.1. The third-order valence-electron chi connectivity index (χ3n) is 4.75. The second-order valence-electron chi connectivity index (χ2n) is 6.12. The summed E-state index contributed by atoms with van der Waals surface area (Å²) in [6, 6.07) is 8.22. The van der Waals surface area contributed by atoms with Crippen molar-refractivity contribution in [2.45, 2.75) is 51.4 Å². The molecule has 1 aromatic rings. The third kappa shape index (κ3) is 2.99. The van der Waals surface area contributed by atoms with E-state index in [9.17, 15) is 4.79 Å². The zero-order valence-electron chi connectivity index (χ0n) is 11.5. The number of hydrogen-bond acceptors (Lipinski definition) is 1. The lowest BCUT2D eigenvalue weighted by Crippen LogP contribution is -2.24. The van der Waals surface area contributed by atoms with Gasteiger partial charge in [0.15, 0.2) is 0 Å². The maximum Gasteiger partial charge on any atom is 0.227 e. The number of aryl methyl sites for hydroxylation is 1. The normalized spacial score (nSPS) is 24.4. The predicted molar refractivity (Wildman–Crippen MR) is 78.1 cm³/mol. The van der Waals surface area contributed by atoms with Crippen LogP contribution in [-0.2, 0) is 11.2 Å². The first-order valence-corrected chi connectivity index (χ1v) is 7.71. The van der Waals surface area contributed by atoms with Crippen molar-refractivity contribution in [3.8, 4) is 0 Å². The van der Waals surface area contributed by atoms with Crippen molar-refractivity contribution in [1.82, 2.24) is 0 Å². The summed E-state index contributed by atoms with van der Waals surface area (Å²) >= 11 is 0. The molecule has 1 atom stereocenters. The Bertz CT molecular complexity index is 448. The van der Waals surface area contributed by atoms with E-state index in [2.05, 4.69) is 17.4 Å². The standard InChI is InChI=1S/C17H23NO/c19-17-15(12-13-6-2-1-3-7-13)11-10-14-8-4-5-9-16(14)18-17/h4-5,8-9,13,15H,1-3,6-7,10-12H2,(H,18,19). The summed E-state index contributed by atoms with van der Waals surface area (Å²) in [5.74, 6) is 1.25. The molecule has 1 fully saturated rings. The van der Waals surface area contributed by atoms with Crippen molar-refractivity contribution < 1.29 is 4.79 Å². The van der Waals surface area contributed by atoms with Crippen molar-refractivity contribution in [3.63, 3.8) is 0 Å². The summed E-state index contributed by atoms with van der Waals surface area (Å²) in [5.41, 5.74) is 2.32. The Morgan fingerprint density at radius 1 is 1.05 bits per heavy atom. The first kappa shape index (κ1) is 12.7. The molecule has 1 heterocycles. The van der Waals surface area contributed by atoms with Crippen LogP contribution in [0.4, 0.5) is 5.69 Å². The topological polar surface area (TPSA) is 29.1 Å². The minimum absolute atomic E-state index is 0.218. The van der Waals surface area contributed by atoms with Crippen LogP contribution in [0.1, 0.15) is 50.5 Å². The number of anilines is 1. The molecule has 2 nitrogen and oxygen atoms in total. The number of carbonyl (C=O) groups excluding carboxylic acids is 1. The lowest BCUT2D eigenvalue weighted by Gasteiger charge is -2.25. The van der Waals surface area contributed by atoms with Crippen LogP contribution in [0.15, 0.2) is 24.3 Å². The van der Waals surface area contributed by atoms with Crippen molar-refractivity contribution in [2.75, 3.05) is 5.32 Å². The molecule has 19 heavy (non-hydrogen) atoms. The fourth-order valence-electron chi connectivity index (χ4n) is 3.61. The van der Waals surface area contributed by atoms with E-state index in [0.717, 1.165) is 30.9 Å². The van der Waals surface area contributed by atoms with Gasteiger partial charge in [0.2, 0.25) is 5.91 Å². The maximum atomic E-state index is 12.3.